The van der Waals surface area contributed by atoms with Crippen LogP contribution in [0.5, 0.6) is 0 Å². The van der Waals surface area contributed by atoms with Gasteiger partial charge in [0.1, 0.15) is 5.69 Å². The van der Waals surface area contributed by atoms with Crippen LogP contribution in [0.4, 0.5) is 20.4 Å². The van der Waals surface area contributed by atoms with Crippen LogP contribution in [0.3, 0.4) is 0 Å². The van der Waals surface area contributed by atoms with Gasteiger partial charge in [0, 0.05) is 11.8 Å². The van der Waals surface area contributed by atoms with E-state index < -0.39 is 11.6 Å². The number of benzene rings is 1. The van der Waals surface area contributed by atoms with Gasteiger partial charge in [-0.3, -0.25) is 4.98 Å². The number of nitrogens with two attached hydrogens (primary N) is 2. The third-order valence-electron chi connectivity index (χ3n) is 2.96. The number of nitrogen functional groups attached to an aromatic ring is 2. The maximum Gasteiger partial charge on any atom is 0.214 e. The zero-order valence-electron chi connectivity index (χ0n) is 9.95. The first-order valence-corrected chi connectivity index (χ1v) is 6.34. The normalized spacial score (nSPS) is 11.2. The van der Waals surface area contributed by atoms with E-state index in [0.29, 0.717) is 22.1 Å². The van der Waals surface area contributed by atoms with Crippen molar-refractivity contribution in [2.45, 2.75) is 0 Å². The highest BCUT2D eigenvalue weighted by Crippen LogP contribution is 2.38. The van der Waals surface area contributed by atoms with Crippen LogP contribution in [-0.4, -0.2) is 4.98 Å². The minimum Gasteiger partial charge on any atom is -0.437 e. The van der Waals surface area contributed by atoms with E-state index in [2.05, 4.69) is 20.9 Å². The lowest BCUT2D eigenvalue weighted by atomic mass is 10.0. The number of pyridine rings is 1. The molecule has 0 bridgehead atoms. The Labute approximate surface area is 120 Å². The number of rotatable bonds is 1. The summed E-state index contributed by atoms with van der Waals surface area (Å²) in [6.07, 6.45) is 2.95. The molecule has 0 aliphatic rings. The fourth-order valence-corrected chi connectivity index (χ4v) is 2.46. The summed E-state index contributed by atoms with van der Waals surface area (Å²) >= 11 is 2.97. The third kappa shape index (κ3) is 1.82. The molecule has 0 atom stereocenters. The van der Waals surface area contributed by atoms with E-state index in [4.69, 9.17) is 15.9 Å². The molecule has 0 saturated heterocycles. The average Bonchev–Trinajstić information content (AvgIpc) is 2.71. The summed E-state index contributed by atoms with van der Waals surface area (Å²) in [4.78, 5) is 3.99. The molecule has 0 aliphatic heterocycles. The van der Waals surface area contributed by atoms with Crippen LogP contribution < -0.4 is 11.5 Å². The molecule has 20 heavy (non-hydrogen) atoms. The summed E-state index contributed by atoms with van der Waals surface area (Å²) in [5, 5.41) is 0.524. The van der Waals surface area contributed by atoms with Gasteiger partial charge in [0.2, 0.25) is 5.88 Å². The number of anilines is 2. The Morgan fingerprint density at radius 2 is 1.90 bits per heavy atom. The average molecular weight is 340 g/mol. The predicted molar refractivity (Wildman–Crippen MR) is 75.9 cm³/mol. The molecule has 2 aromatic heterocycles. The molecule has 102 valence electrons. The van der Waals surface area contributed by atoms with Crippen LogP contribution >= 0.6 is 15.9 Å². The first-order chi connectivity index (χ1) is 9.49. The number of fused-ring (bicyclic) bond motifs is 1. The van der Waals surface area contributed by atoms with Crippen molar-refractivity contribution in [1.29, 1.82) is 0 Å². The minimum atomic E-state index is -0.971. The van der Waals surface area contributed by atoms with Crippen molar-refractivity contribution in [2.75, 3.05) is 11.5 Å². The minimum absolute atomic E-state index is 0.0135. The summed E-state index contributed by atoms with van der Waals surface area (Å²) in [5.74, 6) is -1.86. The van der Waals surface area contributed by atoms with E-state index in [0.717, 1.165) is 6.07 Å². The molecule has 7 heteroatoms. The van der Waals surface area contributed by atoms with Crippen molar-refractivity contribution in [3.63, 3.8) is 0 Å². The lowest BCUT2D eigenvalue weighted by Gasteiger charge is -2.05. The number of furan rings is 1. The van der Waals surface area contributed by atoms with Crippen molar-refractivity contribution in [3.8, 4) is 11.1 Å². The van der Waals surface area contributed by atoms with Crippen molar-refractivity contribution in [1.82, 2.24) is 4.98 Å². The van der Waals surface area contributed by atoms with Crippen molar-refractivity contribution in [2.24, 2.45) is 0 Å². The molecule has 4 N–H and O–H groups in total. The molecule has 1 aromatic carbocycles. The molecule has 0 fully saturated rings. The number of halogens is 3. The Balaban J connectivity index is 2.35. The molecular weight excluding hydrogens is 332 g/mol. The van der Waals surface area contributed by atoms with Gasteiger partial charge in [-0.05, 0) is 33.6 Å². The summed E-state index contributed by atoms with van der Waals surface area (Å²) in [6.45, 7) is 0. The molecule has 3 aromatic rings. The molecule has 0 spiro atoms. The third-order valence-corrected chi connectivity index (χ3v) is 3.54. The summed E-state index contributed by atoms with van der Waals surface area (Å²) in [6, 6.07) is 2.51. The molecule has 3 rings (SSSR count). The summed E-state index contributed by atoms with van der Waals surface area (Å²) in [7, 11) is 0. The largest absolute Gasteiger partial charge is 0.437 e. The van der Waals surface area contributed by atoms with E-state index in [1.54, 1.807) is 0 Å². The van der Waals surface area contributed by atoms with Gasteiger partial charge in [0.15, 0.2) is 17.2 Å². The van der Waals surface area contributed by atoms with Crippen molar-refractivity contribution in [3.05, 3.63) is 40.6 Å². The zero-order chi connectivity index (χ0) is 14.4. The molecule has 0 amide bonds. The highest BCUT2D eigenvalue weighted by molar-refractivity contribution is 9.10. The van der Waals surface area contributed by atoms with Gasteiger partial charge >= 0.3 is 0 Å². The monoisotopic (exact) mass is 339 g/mol. The first kappa shape index (κ1) is 12.9. The number of nitrogens with zero attached hydrogens (tertiary/aromatic N) is 1. The van der Waals surface area contributed by atoms with E-state index in [1.807, 2.05) is 0 Å². The number of aromatic nitrogens is 1. The summed E-state index contributed by atoms with van der Waals surface area (Å²) in [5.41, 5.74) is 13.0. The molecule has 0 aliphatic carbocycles. The fourth-order valence-electron chi connectivity index (χ4n) is 2.02. The maximum absolute atomic E-state index is 13.5. The van der Waals surface area contributed by atoms with Crippen LogP contribution in [0.25, 0.3) is 22.1 Å². The molecule has 0 radical (unpaired) electrons. The second-order valence-electron chi connectivity index (χ2n) is 4.19. The second kappa shape index (κ2) is 4.45. The van der Waals surface area contributed by atoms with Gasteiger partial charge < -0.3 is 15.9 Å². The lowest BCUT2D eigenvalue weighted by molar-refractivity contribution is 0.504. The Morgan fingerprint density at radius 3 is 2.60 bits per heavy atom. The zero-order valence-corrected chi connectivity index (χ0v) is 11.5. The van der Waals surface area contributed by atoms with Crippen molar-refractivity contribution < 1.29 is 13.2 Å². The van der Waals surface area contributed by atoms with E-state index in [1.165, 1.54) is 18.5 Å². The molecular formula is C13H8BrF2N3O. The van der Waals surface area contributed by atoms with Crippen LogP contribution in [0.1, 0.15) is 0 Å². The smallest absolute Gasteiger partial charge is 0.214 e. The van der Waals surface area contributed by atoms with Crippen LogP contribution in [0, 0.1) is 11.6 Å². The van der Waals surface area contributed by atoms with Crippen LogP contribution in [0.15, 0.2) is 33.4 Å². The Kier molecular flexibility index (Phi) is 2.86. The first-order valence-electron chi connectivity index (χ1n) is 5.55. The summed E-state index contributed by atoms with van der Waals surface area (Å²) < 4.78 is 32.1. The maximum atomic E-state index is 13.5. The van der Waals surface area contributed by atoms with E-state index in [9.17, 15) is 8.78 Å². The Hall–Kier alpha value is -2.15. The quantitative estimate of drug-likeness (QED) is 0.662. The van der Waals surface area contributed by atoms with E-state index >= 15 is 0 Å². The SMILES string of the molecule is Nc1oc2cncc(-c3cc(F)c(F)c(Br)c3)c2c1N. The lowest BCUT2D eigenvalue weighted by Crippen LogP contribution is -1.92. The number of hydrogen-bond acceptors (Lipinski definition) is 4. The molecule has 2 heterocycles. The van der Waals surface area contributed by atoms with Gasteiger partial charge in [0.05, 0.1) is 16.1 Å². The Morgan fingerprint density at radius 1 is 1.15 bits per heavy atom. The van der Waals surface area contributed by atoms with Gasteiger partial charge in [-0.25, -0.2) is 8.78 Å². The fraction of sp³-hybridized carbons (Fsp3) is 0. The molecule has 4 nitrogen and oxygen atoms in total. The predicted octanol–water partition coefficient (Wildman–Crippen LogP) is 3.70. The highest BCUT2D eigenvalue weighted by atomic mass is 79.9. The standard InChI is InChI=1S/C13H8BrF2N3O/c14-7-1-5(2-8(15)11(7)16)6-3-19-4-9-10(6)12(17)13(18)20-9/h1-4H,17-18H2. The van der Waals surface area contributed by atoms with Crippen molar-refractivity contribution >= 4 is 38.5 Å². The Bertz CT molecular complexity index is 809. The van der Waals surface area contributed by atoms with Gasteiger partial charge in [0.25, 0.3) is 0 Å². The van der Waals surface area contributed by atoms with Gasteiger partial charge in [-0.1, -0.05) is 0 Å². The van der Waals surface area contributed by atoms with Gasteiger partial charge in [-0.15, -0.1) is 0 Å². The topological polar surface area (TPSA) is 78.1 Å². The van der Waals surface area contributed by atoms with E-state index in [-0.39, 0.29) is 16.0 Å². The molecule has 0 unspecified atom stereocenters. The second-order valence-corrected chi connectivity index (χ2v) is 5.05. The van der Waals surface area contributed by atoms with Crippen LogP contribution in [-0.2, 0) is 0 Å². The highest BCUT2D eigenvalue weighted by Gasteiger charge is 2.17. The number of hydrogen-bond donors (Lipinski definition) is 2. The molecule has 0 saturated carbocycles. The van der Waals surface area contributed by atoms with Gasteiger partial charge in [-0.2, -0.15) is 0 Å². The van der Waals surface area contributed by atoms with Crippen LogP contribution in [0.2, 0.25) is 0 Å².